The van der Waals surface area contributed by atoms with Crippen molar-refractivity contribution in [3.63, 3.8) is 0 Å². The van der Waals surface area contributed by atoms with Gasteiger partial charge in [-0.05, 0) is 12.8 Å². The maximum absolute atomic E-state index is 11.1. The smallest absolute Gasteiger partial charge is 0.0942 e. The standard InChI is InChI=1S/C6H13NOS/c1-2-6-9(8)7-4-3-5-7/h2-6H2,1H3. The summed E-state index contributed by atoms with van der Waals surface area (Å²) in [6, 6.07) is 0. The van der Waals surface area contributed by atoms with E-state index in [0.717, 1.165) is 25.3 Å². The molecule has 1 atom stereocenters. The Balaban J connectivity index is 2.16. The van der Waals surface area contributed by atoms with Crippen LogP contribution in [0.5, 0.6) is 0 Å². The van der Waals surface area contributed by atoms with Gasteiger partial charge in [0.25, 0.3) is 0 Å². The zero-order valence-corrected chi connectivity index (χ0v) is 6.62. The van der Waals surface area contributed by atoms with Gasteiger partial charge in [-0.25, -0.2) is 8.51 Å². The minimum atomic E-state index is -0.645. The van der Waals surface area contributed by atoms with Crippen molar-refractivity contribution in [2.24, 2.45) is 0 Å². The van der Waals surface area contributed by atoms with E-state index >= 15 is 0 Å². The van der Waals surface area contributed by atoms with Crippen LogP contribution in [0.25, 0.3) is 0 Å². The molecule has 9 heavy (non-hydrogen) atoms. The topological polar surface area (TPSA) is 20.3 Å². The van der Waals surface area contributed by atoms with Gasteiger partial charge in [-0.15, -0.1) is 0 Å². The van der Waals surface area contributed by atoms with Crippen molar-refractivity contribution in [3.8, 4) is 0 Å². The van der Waals surface area contributed by atoms with Crippen molar-refractivity contribution >= 4 is 11.0 Å². The molecule has 0 amide bonds. The van der Waals surface area contributed by atoms with E-state index in [1.54, 1.807) is 0 Å². The SMILES string of the molecule is CCCS(=O)N1CCC1. The zero-order valence-electron chi connectivity index (χ0n) is 5.80. The van der Waals surface area contributed by atoms with Crippen molar-refractivity contribution in [1.82, 2.24) is 4.31 Å². The zero-order chi connectivity index (χ0) is 6.69. The van der Waals surface area contributed by atoms with Gasteiger partial charge in [0.1, 0.15) is 0 Å². The Kier molecular flexibility index (Phi) is 2.66. The Labute approximate surface area is 58.8 Å². The van der Waals surface area contributed by atoms with E-state index in [2.05, 4.69) is 6.92 Å². The average Bonchev–Trinajstić information content (AvgIpc) is 1.60. The summed E-state index contributed by atoms with van der Waals surface area (Å²) in [5, 5.41) is 0. The molecule has 1 aliphatic rings. The first kappa shape index (κ1) is 7.22. The van der Waals surface area contributed by atoms with Crippen molar-refractivity contribution in [1.29, 1.82) is 0 Å². The molecule has 1 fully saturated rings. The minimum absolute atomic E-state index is 0.645. The van der Waals surface area contributed by atoms with E-state index in [1.807, 2.05) is 4.31 Å². The molecule has 2 nitrogen and oxygen atoms in total. The summed E-state index contributed by atoms with van der Waals surface area (Å²) < 4.78 is 13.1. The van der Waals surface area contributed by atoms with E-state index in [4.69, 9.17) is 0 Å². The molecule has 0 aromatic carbocycles. The van der Waals surface area contributed by atoms with E-state index in [1.165, 1.54) is 6.42 Å². The molecular formula is C6H13NOS. The fourth-order valence-electron chi connectivity index (χ4n) is 0.795. The van der Waals surface area contributed by atoms with Gasteiger partial charge in [0.15, 0.2) is 0 Å². The molecule has 0 aliphatic carbocycles. The quantitative estimate of drug-likeness (QED) is 0.577. The predicted octanol–water partition coefficient (Wildman–Crippen LogP) is 0.766. The summed E-state index contributed by atoms with van der Waals surface area (Å²) in [6.07, 6.45) is 2.26. The van der Waals surface area contributed by atoms with E-state index in [0.29, 0.717) is 0 Å². The molecule has 1 saturated heterocycles. The Morgan fingerprint density at radius 2 is 2.22 bits per heavy atom. The van der Waals surface area contributed by atoms with Gasteiger partial charge in [-0.2, -0.15) is 0 Å². The van der Waals surface area contributed by atoms with Crippen molar-refractivity contribution in [2.75, 3.05) is 18.8 Å². The number of rotatable bonds is 3. The van der Waals surface area contributed by atoms with Crippen LogP contribution in [0.15, 0.2) is 0 Å². The molecule has 54 valence electrons. The highest BCUT2D eigenvalue weighted by atomic mass is 32.2. The van der Waals surface area contributed by atoms with Gasteiger partial charge in [-0.1, -0.05) is 6.92 Å². The average molecular weight is 147 g/mol. The Morgan fingerprint density at radius 3 is 2.56 bits per heavy atom. The summed E-state index contributed by atoms with van der Waals surface area (Å²) in [7, 11) is -0.645. The van der Waals surface area contributed by atoms with Gasteiger partial charge in [0.05, 0.1) is 11.0 Å². The van der Waals surface area contributed by atoms with Crippen LogP contribution in [-0.4, -0.2) is 27.4 Å². The molecule has 0 radical (unpaired) electrons. The molecule has 0 N–H and O–H groups in total. The molecular weight excluding hydrogens is 134 g/mol. The molecule has 0 aromatic rings. The fraction of sp³-hybridized carbons (Fsp3) is 1.00. The van der Waals surface area contributed by atoms with E-state index < -0.39 is 11.0 Å². The third kappa shape index (κ3) is 1.76. The molecule has 1 rings (SSSR count). The number of hydrogen-bond donors (Lipinski definition) is 0. The highest BCUT2D eigenvalue weighted by molar-refractivity contribution is 7.82. The summed E-state index contributed by atoms with van der Waals surface area (Å²) in [5.41, 5.74) is 0. The lowest BCUT2D eigenvalue weighted by Gasteiger charge is -2.28. The second-order valence-electron chi connectivity index (χ2n) is 2.31. The van der Waals surface area contributed by atoms with Crippen LogP contribution in [0.1, 0.15) is 19.8 Å². The van der Waals surface area contributed by atoms with Crippen molar-refractivity contribution in [2.45, 2.75) is 19.8 Å². The van der Waals surface area contributed by atoms with Gasteiger partial charge in [-0.3, -0.25) is 0 Å². The van der Waals surface area contributed by atoms with Gasteiger partial charge in [0.2, 0.25) is 0 Å². The predicted molar refractivity (Wildman–Crippen MR) is 39.5 cm³/mol. The first-order valence-electron chi connectivity index (χ1n) is 3.48. The molecule has 0 saturated carbocycles. The van der Waals surface area contributed by atoms with Crippen LogP contribution < -0.4 is 0 Å². The first-order valence-corrected chi connectivity index (χ1v) is 4.75. The largest absolute Gasteiger partial charge is 0.243 e. The number of nitrogens with zero attached hydrogens (tertiary/aromatic N) is 1. The maximum atomic E-state index is 11.1. The Bertz CT molecular complexity index is 112. The second kappa shape index (κ2) is 3.32. The summed E-state index contributed by atoms with van der Waals surface area (Å²) >= 11 is 0. The molecule has 0 spiro atoms. The van der Waals surface area contributed by atoms with Crippen LogP contribution in [-0.2, 0) is 11.0 Å². The first-order chi connectivity index (χ1) is 4.34. The van der Waals surface area contributed by atoms with Crippen molar-refractivity contribution < 1.29 is 4.21 Å². The van der Waals surface area contributed by atoms with Gasteiger partial charge < -0.3 is 0 Å². The molecule has 1 heterocycles. The second-order valence-corrected chi connectivity index (χ2v) is 3.88. The van der Waals surface area contributed by atoms with Crippen LogP contribution in [0.4, 0.5) is 0 Å². The summed E-state index contributed by atoms with van der Waals surface area (Å²) in [5.74, 6) is 0.847. The van der Waals surface area contributed by atoms with E-state index in [9.17, 15) is 4.21 Å². The van der Waals surface area contributed by atoms with Crippen LogP contribution in [0.3, 0.4) is 0 Å². The summed E-state index contributed by atoms with van der Waals surface area (Å²) in [6.45, 7) is 4.16. The highest BCUT2D eigenvalue weighted by Crippen LogP contribution is 2.09. The molecule has 3 heteroatoms. The van der Waals surface area contributed by atoms with E-state index in [-0.39, 0.29) is 0 Å². The molecule has 0 bridgehead atoms. The normalized spacial score (nSPS) is 23.2. The third-order valence-electron chi connectivity index (χ3n) is 1.48. The number of hydrogen-bond acceptors (Lipinski definition) is 1. The molecule has 0 aromatic heterocycles. The van der Waals surface area contributed by atoms with Crippen LogP contribution in [0, 0.1) is 0 Å². The van der Waals surface area contributed by atoms with Gasteiger partial charge in [0, 0.05) is 18.8 Å². The molecule has 1 aliphatic heterocycles. The van der Waals surface area contributed by atoms with Crippen LogP contribution >= 0.6 is 0 Å². The molecule has 1 unspecified atom stereocenters. The monoisotopic (exact) mass is 147 g/mol. The Morgan fingerprint density at radius 1 is 1.56 bits per heavy atom. The maximum Gasteiger partial charge on any atom is 0.0942 e. The highest BCUT2D eigenvalue weighted by Gasteiger charge is 2.18. The summed E-state index contributed by atoms with van der Waals surface area (Å²) in [4.78, 5) is 0. The Hall–Kier alpha value is 0.110. The lowest BCUT2D eigenvalue weighted by atomic mass is 10.3. The third-order valence-corrected chi connectivity index (χ3v) is 3.18. The lowest BCUT2D eigenvalue weighted by molar-refractivity contribution is 0.328. The van der Waals surface area contributed by atoms with Crippen LogP contribution in [0.2, 0.25) is 0 Å². The van der Waals surface area contributed by atoms with Crippen molar-refractivity contribution in [3.05, 3.63) is 0 Å². The fourth-order valence-corrected chi connectivity index (χ4v) is 2.07. The minimum Gasteiger partial charge on any atom is -0.243 e. The van der Waals surface area contributed by atoms with Gasteiger partial charge >= 0.3 is 0 Å². The lowest BCUT2D eigenvalue weighted by Crippen LogP contribution is -2.39.